The van der Waals surface area contributed by atoms with E-state index in [4.69, 9.17) is 9.47 Å². The molecule has 0 N–H and O–H groups in total. The van der Waals surface area contributed by atoms with Gasteiger partial charge in [-0.25, -0.2) is 0 Å². The standard InChI is InChI=1S/C14H18O3/c1-2-7-16-8-9-17-12-4-5-13-11(10-12)3-6-14(13)15/h4-5,10H,2-3,6-9H2,1H3. The average molecular weight is 234 g/mol. The lowest BCUT2D eigenvalue weighted by molar-refractivity contribution is 0.0993. The van der Waals surface area contributed by atoms with Crippen molar-refractivity contribution in [1.82, 2.24) is 0 Å². The van der Waals surface area contributed by atoms with E-state index in [9.17, 15) is 4.79 Å². The van der Waals surface area contributed by atoms with Crippen molar-refractivity contribution in [2.75, 3.05) is 19.8 Å². The van der Waals surface area contributed by atoms with Gasteiger partial charge in [-0.05, 0) is 36.6 Å². The van der Waals surface area contributed by atoms with Gasteiger partial charge in [0.2, 0.25) is 0 Å². The van der Waals surface area contributed by atoms with Crippen LogP contribution in [-0.4, -0.2) is 25.6 Å². The summed E-state index contributed by atoms with van der Waals surface area (Å²) >= 11 is 0. The molecule has 92 valence electrons. The molecule has 0 bridgehead atoms. The maximum Gasteiger partial charge on any atom is 0.163 e. The Hall–Kier alpha value is -1.35. The molecule has 0 spiro atoms. The molecule has 0 fully saturated rings. The van der Waals surface area contributed by atoms with Crippen LogP contribution in [0.1, 0.15) is 35.7 Å². The molecular weight excluding hydrogens is 216 g/mol. The second-order valence-electron chi connectivity index (χ2n) is 4.20. The number of carbonyl (C=O) groups excluding carboxylic acids is 1. The zero-order chi connectivity index (χ0) is 12.1. The van der Waals surface area contributed by atoms with E-state index in [1.807, 2.05) is 18.2 Å². The van der Waals surface area contributed by atoms with Crippen LogP contribution in [0.25, 0.3) is 0 Å². The second-order valence-corrected chi connectivity index (χ2v) is 4.20. The third-order valence-electron chi connectivity index (χ3n) is 2.84. The lowest BCUT2D eigenvalue weighted by atomic mass is 10.1. The number of ether oxygens (including phenoxy) is 2. The number of benzene rings is 1. The summed E-state index contributed by atoms with van der Waals surface area (Å²) in [6.45, 7) is 4.04. The monoisotopic (exact) mass is 234 g/mol. The van der Waals surface area contributed by atoms with Crippen LogP contribution in [-0.2, 0) is 11.2 Å². The minimum absolute atomic E-state index is 0.248. The first-order valence-electron chi connectivity index (χ1n) is 6.18. The summed E-state index contributed by atoms with van der Waals surface area (Å²) in [5.41, 5.74) is 1.97. The van der Waals surface area contributed by atoms with Gasteiger partial charge in [-0.1, -0.05) is 6.92 Å². The van der Waals surface area contributed by atoms with E-state index in [1.54, 1.807) is 0 Å². The minimum Gasteiger partial charge on any atom is -0.491 e. The molecule has 0 amide bonds. The van der Waals surface area contributed by atoms with Crippen LogP contribution in [0.2, 0.25) is 0 Å². The lowest BCUT2D eigenvalue weighted by Crippen LogP contribution is -2.07. The van der Waals surface area contributed by atoms with Crippen molar-refractivity contribution in [3.05, 3.63) is 29.3 Å². The third-order valence-corrected chi connectivity index (χ3v) is 2.84. The molecule has 0 saturated heterocycles. The van der Waals surface area contributed by atoms with E-state index in [-0.39, 0.29) is 5.78 Å². The number of carbonyl (C=O) groups is 1. The van der Waals surface area contributed by atoms with Crippen LogP contribution >= 0.6 is 0 Å². The van der Waals surface area contributed by atoms with Gasteiger partial charge in [-0.2, -0.15) is 0 Å². The molecule has 0 radical (unpaired) electrons. The average Bonchev–Trinajstić information content (AvgIpc) is 2.71. The maximum absolute atomic E-state index is 11.4. The Morgan fingerprint density at radius 2 is 2.06 bits per heavy atom. The van der Waals surface area contributed by atoms with Crippen molar-refractivity contribution in [1.29, 1.82) is 0 Å². The Balaban J connectivity index is 1.84. The predicted molar refractivity (Wildman–Crippen MR) is 65.7 cm³/mol. The fourth-order valence-electron chi connectivity index (χ4n) is 1.99. The topological polar surface area (TPSA) is 35.5 Å². The molecule has 1 aromatic rings. The molecule has 2 rings (SSSR count). The van der Waals surface area contributed by atoms with E-state index >= 15 is 0 Å². The van der Waals surface area contributed by atoms with Crippen LogP contribution < -0.4 is 4.74 Å². The van der Waals surface area contributed by atoms with Crippen molar-refractivity contribution in [2.24, 2.45) is 0 Å². The molecule has 17 heavy (non-hydrogen) atoms. The van der Waals surface area contributed by atoms with Gasteiger partial charge in [0.1, 0.15) is 12.4 Å². The highest BCUT2D eigenvalue weighted by Crippen LogP contribution is 2.25. The Morgan fingerprint density at radius 3 is 2.88 bits per heavy atom. The normalized spacial score (nSPS) is 13.8. The van der Waals surface area contributed by atoms with E-state index in [2.05, 4.69) is 6.92 Å². The van der Waals surface area contributed by atoms with Crippen LogP contribution in [0.4, 0.5) is 0 Å². The van der Waals surface area contributed by atoms with Crippen LogP contribution in [0, 0.1) is 0 Å². The van der Waals surface area contributed by atoms with Crippen molar-refractivity contribution in [3.8, 4) is 5.75 Å². The molecule has 0 aliphatic heterocycles. The SMILES string of the molecule is CCCOCCOc1ccc2c(c1)CCC2=O. The Morgan fingerprint density at radius 1 is 1.18 bits per heavy atom. The van der Waals surface area contributed by atoms with E-state index in [0.717, 1.165) is 36.3 Å². The first-order chi connectivity index (χ1) is 8.31. The molecule has 1 aliphatic carbocycles. The number of Topliss-reactive ketones (excluding diaryl/α,β-unsaturated/α-hetero) is 1. The van der Waals surface area contributed by atoms with Crippen LogP contribution in [0.3, 0.4) is 0 Å². The van der Waals surface area contributed by atoms with Crippen LogP contribution in [0.5, 0.6) is 5.75 Å². The highest BCUT2D eigenvalue weighted by atomic mass is 16.5. The van der Waals surface area contributed by atoms with Gasteiger partial charge in [0.05, 0.1) is 6.61 Å². The summed E-state index contributed by atoms with van der Waals surface area (Å²) in [4.78, 5) is 11.4. The molecule has 3 nitrogen and oxygen atoms in total. The van der Waals surface area contributed by atoms with Gasteiger partial charge in [0.15, 0.2) is 5.78 Å². The third kappa shape index (κ3) is 3.07. The predicted octanol–water partition coefficient (Wildman–Crippen LogP) is 2.62. The van der Waals surface area contributed by atoms with Crippen molar-refractivity contribution in [3.63, 3.8) is 0 Å². The quantitative estimate of drug-likeness (QED) is 0.710. The van der Waals surface area contributed by atoms with E-state index < -0.39 is 0 Å². The molecule has 0 saturated carbocycles. The highest BCUT2D eigenvalue weighted by molar-refractivity contribution is 6.00. The second kappa shape index (κ2) is 5.82. The van der Waals surface area contributed by atoms with Gasteiger partial charge in [0.25, 0.3) is 0 Å². The van der Waals surface area contributed by atoms with Gasteiger partial charge >= 0.3 is 0 Å². The molecule has 3 heteroatoms. The zero-order valence-corrected chi connectivity index (χ0v) is 10.2. The molecule has 0 atom stereocenters. The van der Waals surface area contributed by atoms with Crippen molar-refractivity contribution < 1.29 is 14.3 Å². The minimum atomic E-state index is 0.248. The summed E-state index contributed by atoms with van der Waals surface area (Å²) in [6, 6.07) is 5.70. The summed E-state index contributed by atoms with van der Waals surface area (Å²) in [6.07, 6.45) is 2.51. The van der Waals surface area contributed by atoms with E-state index in [1.165, 1.54) is 0 Å². The molecule has 0 unspecified atom stereocenters. The number of hydrogen-bond donors (Lipinski definition) is 0. The summed E-state index contributed by atoms with van der Waals surface area (Å²) in [7, 11) is 0. The first-order valence-corrected chi connectivity index (χ1v) is 6.18. The largest absolute Gasteiger partial charge is 0.491 e. The van der Waals surface area contributed by atoms with Crippen molar-refractivity contribution in [2.45, 2.75) is 26.2 Å². The number of hydrogen-bond acceptors (Lipinski definition) is 3. The molecule has 1 aromatic carbocycles. The summed E-state index contributed by atoms with van der Waals surface area (Å²) in [5.74, 6) is 1.08. The molecule has 0 heterocycles. The molecule has 0 aromatic heterocycles. The molecular formula is C14H18O3. The number of ketones is 1. The number of fused-ring (bicyclic) bond motifs is 1. The smallest absolute Gasteiger partial charge is 0.163 e. The van der Waals surface area contributed by atoms with Crippen molar-refractivity contribution >= 4 is 5.78 Å². The van der Waals surface area contributed by atoms with Gasteiger partial charge in [0, 0.05) is 18.6 Å². The summed E-state index contributed by atoms with van der Waals surface area (Å²) in [5, 5.41) is 0. The zero-order valence-electron chi connectivity index (χ0n) is 10.2. The summed E-state index contributed by atoms with van der Waals surface area (Å²) < 4.78 is 10.9. The molecule has 1 aliphatic rings. The fourth-order valence-corrected chi connectivity index (χ4v) is 1.99. The first kappa shape index (κ1) is 12.1. The Labute approximate surface area is 102 Å². The number of aryl methyl sites for hydroxylation is 1. The maximum atomic E-state index is 11.4. The lowest BCUT2D eigenvalue weighted by Gasteiger charge is -2.08. The Kier molecular flexibility index (Phi) is 4.15. The van der Waals surface area contributed by atoms with Crippen LogP contribution in [0.15, 0.2) is 18.2 Å². The highest BCUT2D eigenvalue weighted by Gasteiger charge is 2.19. The van der Waals surface area contributed by atoms with Gasteiger partial charge in [-0.3, -0.25) is 4.79 Å². The van der Waals surface area contributed by atoms with Gasteiger partial charge < -0.3 is 9.47 Å². The fraction of sp³-hybridized carbons (Fsp3) is 0.500. The Bertz CT molecular complexity index is 398. The van der Waals surface area contributed by atoms with Gasteiger partial charge in [-0.15, -0.1) is 0 Å². The van der Waals surface area contributed by atoms with E-state index in [0.29, 0.717) is 19.6 Å². The number of rotatable bonds is 6.